The number of carbonyl (C=O) groups is 1. The maximum absolute atomic E-state index is 12.2. The lowest BCUT2D eigenvalue weighted by Crippen LogP contribution is -2.13. The van der Waals surface area contributed by atoms with E-state index in [1.807, 2.05) is 25.1 Å². The van der Waals surface area contributed by atoms with E-state index in [1.165, 1.54) is 13.3 Å². The summed E-state index contributed by atoms with van der Waals surface area (Å²) < 4.78 is 5.96. The maximum Gasteiger partial charge on any atom is 0.259 e. The summed E-state index contributed by atoms with van der Waals surface area (Å²) in [6, 6.07) is 7.38. The number of hydrogen-bond donors (Lipinski definition) is 1. The standard InChI is InChI=1S/C14H13BrN2O2/c1-9-3-4-11(15)12(7-9)17-14(18)10-5-6-16-8-13(10)19-2/h3-8H,1-2H3,(H,17,18). The Kier molecular flexibility index (Phi) is 4.16. The molecule has 1 amide bonds. The van der Waals surface area contributed by atoms with E-state index >= 15 is 0 Å². The van der Waals surface area contributed by atoms with E-state index in [-0.39, 0.29) is 5.91 Å². The minimum atomic E-state index is -0.231. The molecule has 0 fully saturated rings. The van der Waals surface area contributed by atoms with Crippen LogP contribution < -0.4 is 10.1 Å². The van der Waals surface area contributed by atoms with Gasteiger partial charge in [0.25, 0.3) is 5.91 Å². The molecule has 1 aromatic carbocycles. The molecule has 19 heavy (non-hydrogen) atoms. The number of rotatable bonds is 3. The number of hydrogen-bond acceptors (Lipinski definition) is 3. The third kappa shape index (κ3) is 3.12. The number of nitrogens with one attached hydrogen (secondary N) is 1. The van der Waals surface area contributed by atoms with Gasteiger partial charge in [-0.15, -0.1) is 0 Å². The first kappa shape index (κ1) is 13.5. The molecule has 0 unspecified atom stereocenters. The number of methoxy groups -OCH3 is 1. The fourth-order valence-corrected chi connectivity index (χ4v) is 2.00. The Morgan fingerprint density at radius 3 is 2.89 bits per heavy atom. The number of pyridine rings is 1. The van der Waals surface area contributed by atoms with Crippen LogP contribution in [0.2, 0.25) is 0 Å². The summed E-state index contributed by atoms with van der Waals surface area (Å²) in [5, 5.41) is 2.85. The summed E-state index contributed by atoms with van der Waals surface area (Å²) >= 11 is 3.41. The van der Waals surface area contributed by atoms with Gasteiger partial charge in [0.1, 0.15) is 5.75 Å². The van der Waals surface area contributed by atoms with Gasteiger partial charge >= 0.3 is 0 Å². The first-order chi connectivity index (χ1) is 9.11. The third-order valence-corrected chi connectivity index (χ3v) is 3.31. The molecule has 5 heteroatoms. The summed E-state index contributed by atoms with van der Waals surface area (Å²) in [5.41, 5.74) is 2.25. The molecule has 0 aliphatic carbocycles. The van der Waals surface area contributed by atoms with Crippen LogP contribution in [0.25, 0.3) is 0 Å². The van der Waals surface area contributed by atoms with Crippen LogP contribution in [0.5, 0.6) is 5.75 Å². The zero-order valence-electron chi connectivity index (χ0n) is 10.6. The molecule has 0 aliphatic heterocycles. The molecule has 0 saturated carbocycles. The van der Waals surface area contributed by atoms with Gasteiger partial charge in [-0.1, -0.05) is 6.07 Å². The highest BCUT2D eigenvalue weighted by Crippen LogP contribution is 2.25. The van der Waals surface area contributed by atoms with E-state index in [9.17, 15) is 4.79 Å². The van der Waals surface area contributed by atoms with Crippen LogP contribution in [0.4, 0.5) is 5.69 Å². The smallest absolute Gasteiger partial charge is 0.259 e. The molecule has 0 radical (unpaired) electrons. The summed E-state index contributed by atoms with van der Waals surface area (Å²) in [6.45, 7) is 1.97. The van der Waals surface area contributed by atoms with E-state index in [2.05, 4.69) is 26.2 Å². The second kappa shape index (κ2) is 5.84. The molecule has 1 N–H and O–H groups in total. The van der Waals surface area contributed by atoms with Crippen molar-refractivity contribution in [1.82, 2.24) is 4.98 Å². The molecule has 98 valence electrons. The van der Waals surface area contributed by atoms with E-state index in [1.54, 1.807) is 12.3 Å². The average Bonchev–Trinajstić information content (AvgIpc) is 2.42. The third-order valence-electron chi connectivity index (χ3n) is 2.62. The highest BCUT2D eigenvalue weighted by molar-refractivity contribution is 9.10. The summed E-state index contributed by atoms with van der Waals surface area (Å²) in [5.74, 6) is 0.217. The Hall–Kier alpha value is -1.88. The van der Waals surface area contributed by atoms with Crippen molar-refractivity contribution in [3.63, 3.8) is 0 Å². The van der Waals surface area contributed by atoms with Crippen LogP contribution in [0, 0.1) is 6.92 Å². The van der Waals surface area contributed by atoms with Crippen molar-refractivity contribution in [2.45, 2.75) is 6.92 Å². The monoisotopic (exact) mass is 320 g/mol. The second-order valence-corrected chi connectivity index (χ2v) is 4.87. The predicted octanol–water partition coefficient (Wildman–Crippen LogP) is 3.41. The highest BCUT2D eigenvalue weighted by atomic mass is 79.9. The van der Waals surface area contributed by atoms with Crippen molar-refractivity contribution in [3.8, 4) is 5.75 Å². The zero-order valence-corrected chi connectivity index (χ0v) is 12.2. The molecule has 1 aromatic heterocycles. The van der Waals surface area contributed by atoms with Gasteiger partial charge in [-0.3, -0.25) is 9.78 Å². The molecule has 2 aromatic rings. The highest BCUT2D eigenvalue weighted by Gasteiger charge is 2.13. The zero-order chi connectivity index (χ0) is 13.8. The number of anilines is 1. The minimum absolute atomic E-state index is 0.231. The lowest BCUT2D eigenvalue weighted by molar-refractivity contribution is 0.102. The first-order valence-corrected chi connectivity index (χ1v) is 6.46. The van der Waals surface area contributed by atoms with Crippen molar-refractivity contribution in [2.75, 3.05) is 12.4 Å². The van der Waals surface area contributed by atoms with Crippen LogP contribution in [0.3, 0.4) is 0 Å². The Bertz CT molecular complexity index is 614. The maximum atomic E-state index is 12.2. The van der Waals surface area contributed by atoms with Gasteiger partial charge in [-0.05, 0) is 46.6 Å². The molecule has 2 rings (SSSR count). The first-order valence-electron chi connectivity index (χ1n) is 5.67. The van der Waals surface area contributed by atoms with Crippen LogP contribution >= 0.6 is 15.9 Å². The van der Waals surface area contributed by atoms with Crippen molar-refractivity contribution in [3.05, 3.63) is 52.3 Å². The van der Waals surface area contributed by atoms with Crippen LogP contribution in [0.1, 0.15) is 15.9 Å². The summed E-state index contributed by atoms with van der Waals surface area (Å²) in [6.07, 6.45) is 3.07. The molecular weight excluding hydrogens is 308 g/mol. The van der Waals surface area contributed by atoms with Crippen LogP contribution in [0.15, 0.2) is 41.1 Å². The van der Waals surface area contributed by atoms with Crippen molar-refractivity contribution < 1.29 is 9.53 Å². The second-order valence-electron chi connectivity index (χ2n) is 4.01. The predicted molar refractivity (Wildman–Crippen MR) is 77.6 cm³/mol. The van der Waals surface area contributed by atoms with E-state index < -0.39 is 0 Å². The summed E-state index contributed by atoms with van der Waals surface area (Å²) in [7, 11) is 1.51. The Labute approximate surface area is 119 Å². The Balaban J connectivity index is 2.28. The van der Waals surface area contributed by atoms with Crippen LogP contribution in [-0.4, -0.2) is 18.0 Å². The molecule has 0 aliphatic rings. The van der Waals surface area contributed by atoms with Crippen molar-refractivity contribution >= 4 is 27.5 Å². The topological polar surface area (TPSA) is 51.2 Å². The van der Waals surface area contributed by atoms with Gasteiger partial charge < -0.3 is 10.1 Å². The number of aromatic nitrogens is 1. The number of ether oxygens (including phenoxy) is 1. The van der Waals surface area contributed by atoms with Gasteiger partial charge in [0, 0.05) is 10.7 Å². The molecule has 1 heterocycles. The average molecular weight is 321 g/mol. The molecule has 4 nitrogen and oxygen atoms in total. The number of amides is 1. The number of benzene rings is 1. The fraction of sp³-hybridized carbons (Fsp3) is 0.143. The normalized spacial score (nSPS) is 10.1. The molecular formula is C14H13BrN2O2. The minimum Gasteiger partial charge on any atom is -0.494 e. The lowest BCUT2D eigenvalue weighted by Gasteiger charge is -2.10. The number of carbonyl (C=O) groups excluding carboxylic acids is 1. The molecule has 0 saturated heterocycles. The van der Waals surface area contributed by atoms with E-state index in [0.717, 1.165) is 15.7 Å². The number of aryl methyl sites for hydroxylation is 1. The molecule has 0 atom stereocenters. The van der Waals surface area contributed by atoms with Gasteiger partial charge in [-0.2, -0.15) is 0 Å². The van der Waals surface area contributed by atoms with E-state index in [4.69, 9.17) is 4.74 Å². The number of nitrogens with zero attached hydrogens (tertiary/aromatic N) is 1. The van der Waals surface area contributed by atoms with Gasteiger partial charge in [-0.25, -0.2) is 0 Å². The fourth-order valence-electron chi connectivity index (χ4n) is 1.65. The molecule has 0 bridgehead atoms. The van der Waals surface area contributed by atoms with Crippen molar-refractivity contribution in [2.24, 2.45) is 0 Å². The number of halogens is 1. The van der Waals surface area contributed by atoms with Gasteiger partial charge in [0.2, 0.25) is 0 Å². The van der Waals surface area contributed by atoms with Gasteiger partial charge in [0.05, 0.1) is 24.6 Å². The van der Waals surface area contributed by atoms with Crippen molar-refractivity contribution in [1.29, 1.82) is 0 Å². The Morgan fingerprint density at radius 2 is 2.16 bits per heavy atom. The largest absolute Gasteiger partial charge is 0.494 e. The van der Waals surface area contributed by atoms with Crippen LogP contribution in [-0.2, 0) is 0 Å². The van der Waals surface area contributed by atoms with Gasteiger partial charge in [0.15, 0.2) is 0 Å². The molecule has 0 spiro atoms. The lowest BCUT2D eigenvalue weighted by atomic mass is 10.2. The summed E-state index contributed by atoms with van der Waals surface area (Å²) in [4.78, 5) is 16.1. The SMILES string of the molecule is COc1cnccc1C(=O)Nc1cc(C)ccc1Br. The quantitative estimate of drug-likeness (QED) is 0.942. The Morgan fingerprint density at radius 1 is 1.37 bits per heavy atom. The van der Waals surface area contributed by atoms with E-state index in [0.29, 0.717) is 11.3 Å².